The van der Waals surface area contributed by atoms with E-state index in [1.807, 2.05) is 35.7 Å². The Labute approximate surface area is 132 Å². The number of hydrogen-bond donors (Lipinski definition) is 1. The number of aromatic nitrogens is 1. The largest absolute Gasteiger partial charge is 0.457 e. The summed E-state index contributed by atoms with van der Waals surface area (Å²) in [5.41, 5.74) is 0.985. The molecule has 1 fully saturated rings. The monoisotopic (exact) mass is 316 g/mol. The molecular formula is C16H16N2O3S. The third-order valence-corrected chi connectivity index (χ3v) is 4.35. The van der Waals surface area contributed by atoms with Gasteiger partial charge >= 0.3 is 5.97 Å². The number of benzene rings is 1. The van der Waals surface area contributed by atoms with Crippen LogP contribution in [0.15, 0.2) is 41.9 Å². The fourth-order valence-corrected chi connectivity index (χ4v) is 3.17. The molecule has 1 aliphatic rings. The summed E-state index contributed by atoms with van der Waals surface area (Å²) in [6.07, 6.45) is 2.73. The van der Waals surface area contributed by atoms with Crippen molar-refractivity contribution in [2.75, 3.05) is 5.32 Å². The van der Waals surface area contributed by atoms with Crippen LogP contribution in [0.4, 0.5) is 5.13 Å². The van der Waals surface area contributed by atoms with E-state index in [1.165, 1.54) is 11.3 Å². The standard InChI is InChI=1S/C16H16N2O3S/c19-13(18-16-17-8-9-22-16)7-6-12-10-14(20)21-15(12)11-4-2-1-3-5-11/h1-5,8-9,12,15H,6-7,10H2,(H,17,18,19)/t12-,15+/m1/s1. The molecule has 0 unspecified atom stereocenters. The van der Waals surface area contributed by atoms with Crippen molar-refractivity contribution in [3.8, 4) is 0 Å². The van der Waals surface area contributed by atoms with Crippen molar-refractivity contribution in [3.05, 3.63) is 47.5 Å². The molecule has 6 heteroatoms. The Bertz CT molecular complexity index is 643. The van der Waals surface area contributed by atoms with Crippen LogP contribution in [0.2, 0.25) is 0 Å². The molecule has 1 amide bonds. The highest BCUT2D eigenvalue weighted by Gasteiger charge is 2.35. The van der Waals surface area contributed by atoms with Crippen LogP contribution in [0.25, 0.3) is 0 Å². The predicted molar refractivity (Wildman–Crippen MR) is 83.4 cm³/mol. The average molecular weight is 316 g/mol. The van der Waals surface area contributed by atoms with Crippen LogP contribution in [-0.2, 0) is 14.3 Å². The maximum atomic E-state index is 11.9. The molecule has 0 spiro atoms. The number of rotatable bonds is 5. The minimum Gasteiger partial charge on any atom is -0.457 e. The number of ether oxygens (including phenoxy) is 1. The molecule has 0 radical (unpaired) electrons. The van der Waals surface area contributed by atoms with Crippen molar-refractivity contribution < 1.29 is 14.3 Å². The topological polar surface area (TPSA) is 68.3 Å². The molecule has 3 rings (SSSR count). The van der Waals surface area contributed by atoms with Crippen molar-refractivity contribution in [2.45, 2.75) is 25.4 Å². The molecule has 1 aromatic carbocycles. The Morgan fingerprint density at radius 1 is 1.36 bits per heavy atom. The van der Waals surface area contributed by atoms with E-state index in [0.717, 1.165) is 5.56 Å². The van der Waals surface area contributed by atoms with Gasteiger partial charge in [0.2, 0.25) is 5.91 Å². The minimum absolute atomic E-state index is 0.0388. The van der Waals surface area contributed by atoms with Gasteiger partial charge in [-0.15, -0.1) is 11.3 Å². The summed E-state index contributed by atoms with van der Waals surface area (Å²) < 4.78 is 5.42. The lowest BCUT2D eigenvalue weighted by Crippen LogP contribution is -2.15. The van der Waals surface area contributed by atoms with E-state index >= 15 is 0 Å². The first-order valence-corrected chi connectivity index (χ1v) is 8.04. The number of thiazole rings is 1. The normalized spacial score (nSPS) is 20.6. The molecular weight excluding hydrogens is 300 g/mol. The number of nitrogens with zero attached hydrogens (tertiary/aromatic N) is 1. The molecule has 2 atom stereocenters. The zero-order chi connectivity index (χ0) is 15.4. The first-order valence-electron chi connectivity index (χ1n) is 7.16. The zero-order valence-electron chi connectivity index (χ0n) is 11.9. The maximum Gasteiger partial charge on any atom is 0.306 e. The summed E-state index contributed by atoms with van der Waals surface area (Å²) in [4.78, 5) is 27.5. The van der Waals surface area contributed by atoms with Gasteiger partial charge in [-0.05, 0) is 12.0 Å². The van der Waals surface area contributed by atoms with Crippen LogP contribution in [-0.4, -0.2) is 16.9 Å². The second-order valence-corrected chi connectivity index (χ2v) is 6.10. The lowest BCUT2D eigenvalue weighted by atomic mass is 9.91. The molecule has 0 saturated carbocycles. The predicted octanol–water partition coefficient (Wildman–Crippen LogP) is 3.17. The third-order valence-electron chi connectivity index (χ3n) is 3.66. The zero-order valence-corrected chi connectivity index (χ0v) is 12.7. The second kappa shape index (κ2) is 6.70. The lowest BCUT2D eigenvalue weighted by molar-refractivity contribution is -0.141. The van der Waals surface area contributed by atoms with Gasteiger partial charge in [-0.25, -0.2) is 4.98 Å². The van der Waals surface area contributed by atoms with Gasteiger partial charge in [-0.1, -0.05) is 30.3 Å². The van der Waals surface area contributed by atoms with Gasteiger partial charge < -0.3 is 10.1 Å². The summed E-state index contributed by atoms with van der Waals surface area (Å²) >= 11 is 1.39. The van der Waals surface area contributed by atoms with Crippen LogP contribution in [0.1, 0.15) is 30.9 Å². The molecule has 2 aromatic rings. The van der Waals surface area contributed by atoms with Crippen molar-refractivity contribution in [1.29, 1.82) is 0 Å². The third kappa shape index (κ3) is 3.51. The summed E-state index contributed by atoms with van der Waals surface area (Å²) in [5, 5.41) is 5.16. The number of anilines is 1. The van der Waals surface area contributed by atoms with E-state index in [0.29, 0.717) is 24.4 Å². The average Bonchev–Trinajstić information content (AvgIpc) is 3.15. The molecule has 1 N–H and O–H groups in total. The number of carbonyl (C=O) groups excluding carboxylic acids is 2. The Morgan fingerprint density at radius 3 is 2.91 bits per heavy atom. The Kier molecular flexibility index (Phi) is 4.48. The first-order chi connectivity index (χ1) is 10.7. The smallest absolute Gasteiger partial charge is 0.306 e. The highest BCUT2D eigenvalue weighted by Crippen LogP contribution is 2.38. The van der Waals surface area contributed by atoms with E-state index in [9.17, 15) is 9.59 Å². The molecule has 22 heavy (non-hydrogen) atoms. The van der Waals surface area contributed by atoms with Crippen LogP contribution in [0.5, 0.6) is 0 Å². The molecule has 5 nitrogen and oxygen atoms in total. The first kappa shape index (κ1) is 14.7. The Balaban J connectivity index is 1.58. The summed E-state index contributed by atoms with van der Waals surface area (Å²) in [7, 11) is 0. The molecule has 1 saturated heterocycles. The fourth-order valence-electron chi connectivity index (χ4n) is 2.63. The highest BCUT2D eigenvalue weighted by molar-refractivity contribution is 7.13. The molecule has 1 aliphatic heterocycles. The molecule has 2 heterocycles. The van der Waals surface area contributed by atoms with Gasteiger partial charge in [-0.2, -0.15) is 0 Å². The molecule has 114 valence electrons. The Hall–Kier alpha value is -2.21. The highest BCUT2D eigenvalue weighted by atomic mass is 32.1. The van der Waals surface area contributed by atoms with Gasteiger partial charge in [0.15, 0.2) is 5.13 Å². The summed E-state index contributed by atoms with van der Waals surface area (Å²) in [6, 6.07) is 9.68. The molecule has 0 aliphatic carbocycles. The number of amides is 1. The van der Waals surface area contributed by atoms with Gasteiger partial charge in [-0.3, -0.25) is 9.59 Å². The van der Waals surface area contributed by atoms with Crippen molar-refractivity contribution >= 4 is 28.3 Å². The van der Waals surface area contributed by atoms with E-state index in [-0.39, 0.29) is 23.9 Å². The van der Waals surface area contributed by atoms with Gasteiger partial charge in [0.25, 0.3) is 0 Å². The fraction of sp³-hybridized carbons (Fsp3) is 0.312. The minimum atomic E-state index is -0.249. The second-order valence-electron chi connectivity index (χ2n) is 5.21. The number of hydrogen-bond acceptors (Lipinski definition) is 5. The molecule has 1 aromatic heterocycles. The SMILES string of the molecule is O=C(CC[C@@H]1CC(=O)O[C@H]1c1ccccc1)Nc1nccs1. The maximum absolute atomic E-state index is 11.9. The number of esters is 1. The van der Waals surface area contributed by atoms with Crippen LogP contribution in [0, 0.1) is 5.92 Å². The van der Waals surface area contributed by atoms with Gasteiger partial charge in [0, 0.05) is 23.9 Å². The van der Waals surface area contributed by atoms with E-state index < -0.39 is 0 Å². The van der Waals surface area contributed by atoms with Crippen LogP contribution >= 0.6 is 11.3 Å². The van der Waals surface area contributed by atoms with Crippen LogP contribution in [0.3, 0.4) is 0 Å². The Morgan fingerprint density at radius 2 is 2.18 bits per heavy atom. The van der Waals surface area contributed by atoms with E-state index in [2.05, 4.69) is 10.3 Å². The number of carbonyl (C=O) groups is 2. The number of cyclic esters (lactones) is 1. The van der Waals surface area contributed by atoms with E-state index in [1.54, 1.807) is 6.20 Å². The quantitative estimate of drug-likeness (QED) is 0.860. The number of nitrogens with one attached hydrogen (secondary N) is 1. The molecule has 0 bridgehead atoms. The summed E-state index contributed by atoms with van der Waals surface area (Å²) in [5.74, 6) is -0.239. The van der Waals surface area contributed by atoms with E-state index in [4.69, 9.17) is 4.74 Å². The van der Waals surface area contributed by atoms with Crippen LogP contribution < -0.4 is 5.32 Å². The van der Waals surface area contributed by atoms with Gasteiger partial charge in [0.1, 0.15) is 6.10 Å². The summed E-state index contributed by atoms with van der Waals surface area (Å²) in [6.45, 7) is 0. The van der Waals surface area contributed by atoms with Gasteiger partial charge in [0.05, 0.1) is 6.42 Å². The van der Waals surface area contributed by atoms with Crippen molar-refractivity contribution in [2.24, 2.45) is 5.92 Å². The van der Waals surface area contributed by atoms with Crippen molar-refractivity contribution in [1.82, 2.24) is 4.98 Å². The lowest BCUT2D eigenvalue weighted by Gasteiger charge is -2.17. The van der Waals surface area contributed by atoms with Crippen molar-refractivity contribution in [3.63, 3.8) is 0 Å².